The predicted molar refractivity (Wildman–Crippen MR) is 65.6 cm³/mol. The van der Waals surface area contributed by atoms with Crippen LogP contribution in [-0.4, -0.2) is 18.4 Å². The van der Waals surface area contributed by atoms with Gasteiger partial charge in [-0.2, -0.15) is 13.2 Å². The number of ether oxygens (including phenoxy) is 1. The van der Waals surface area contributed by atoms with Gasteiger partial charge in [0.15, 0.2) is 0 Å². The highest BCUT2D eigenvalue weighted by atomic mass is 79.9. The molecule has 1 N–H and O–H groups in total. The van der Waals surface area contributed by atoms with Crippen molar-refractivity contribution in [2.75, 3.05) is 7.11 Å². The Labute approximate surface area is 112 Å². The molecule has 0 heterocycles. The quantitative estimate of drug-likeness (QED) is 0.890. The zero-order chi connectivity index (χ0) is 13.8. The lowest BCUT2D eigenvalue weighted by Crippen LogP contribution is -2.07. The van der Waals surface area contributed by atoms with Gasteiger partial charge in [-0.05, 0) is 40.4 Å². The molecule has 0 amide bonds. The van der Waals surface area contributed by atoms with Crippen LogP contribution in [0.2, 0.25) is 0 Å². The van der Waals surface area contributed by atoms with Crippen LogP contribution >= 0.6 is 15.9 Å². The summed E-state index contributed by atoms with van der Waals surface area (Å²) in [6, 6.07) is 3.36. The maximum Gasteiger partial charge on any atom is 0.389 e. The van der Waals surface area contributed by atoms with E-state index in [9.17, 15) is 18.3 Å². The number of benzene rings is 1. The van der Waals surface area contributed by atoms with Crippen molar-refractivity contribution in [3.63, 3.8) is 0 Å². The average molecular weight is 327 g/mol. The van der Waals surface area contributed by atoms with E-state index in [1.807, 2.05) is 0 Å². The third-order valence-corrected chi connectivity index (χ3v) is 3.55. The summed E-state index contributed by atoms with van der Waals surface area (Å²) in [5.74, 6) is 0.518. The van der Waals surface area contributed by atoms with Crippen molar-refractivity contribution < 1.29 is 23.0 Å². The van der Waals surface area contributed by atoms with E-state index in [-0.39, 0.29) is 13.0 Å². The summed E-state index contributed by atoms with van der Waals surface area (Å²) in [6.45, 7) is -0.225. The van der Waals surface area contributed by atoms with Crippen LogP contribution in [0, 0.1) is 0 Å². The highest BCUT2D eigenvalue weighted by molar-refractivity contribution is 9.10. The van der Waals surface area contributed by atoms with Crippen molar-refractivity contribution >= 4 is 15.9 Å². The van der Waals surface area contributed by atoms with Gasteiger partial charge >= 0.3 is 6.18 Å². The van der Waals surface area contributed by atoms with Crippen LogP contribution in [-0.2, 0) is 13.0 Å². The lowest BCUT2D eigenvalue weighted by atomic mass is 10.0. The normalized spacial score (nSPS) is 11.7. The van der Waals surface area contributed by atoms with E-state index in [0.29, 0.717) is 22.2 Å². The first-order chi connectivity index (χ1) is 8.39. The van der Waals surface area contributed by atoms with E-state index in [0.717, 1.165) is 5.56 Å². The second-order valence-electron chi connectivity index (χ2n) is 3.85. The van der Waals surface area contributed by atoms with Gasteiger partial charge in [-0.3, -0.25) is 0 Å². The van der Waals surface area contributed by atoms with Crippen LogP contribution in [0.15, 0.2) is 16.6 Å². The lowest BCUT2D eigenvalue weighted by Gasteiger charge is -2.13. The van der Waals surface area contributed by atoms with Crippen molar-refractivity contribution in [2.45, 2.75) is 32.0 Å². The first kappa shape index (κ1) is 15.3. The SMILES string of the molecule is COc1ccc(CCCC(F)(F)F)c(Br)c1CO. The number of aliphatic hydroxyl groups excluding tert-OH is 1. The average Bonchev–Trinajstić information content (AvgIpc) is 2.29. The fourth-order valence-corrected chi connectivity index (χ4v) is 2.31. The Morgan fingerprint density at radius 2 is 2.00 bits per heavy atom. The Morgan fingerprint density at radius 3 is 2.50 bits per heavy atom. The van der Waals surface area contributed by atoms with Gasteiger partial charge in [-0.15, -0.1) is 0 Å². The number of aryl methyl sites for hydroxylation is 1. The van der Waals surface area contributed by atoms with Crippen molar-refractivity contribution in [3.8, 4) is 5.75 Å². The Hall–Kier alpha value is -0.750. The summed E-state index contributed by atoms with van der Waals surface area (Å²) in [7, 11) is 1.48. The second kappa shape index (κ2) is 6.43. The Kier molecular flexibility index (Phi) is 5.47. The number of rotatable bonds is 5. The molecule has 1 aromatic carbocycles. The monoisotopic (exact) mass is 326 g/mol. The molecule has 0 spiro atoms. The molecule has 0 aliphatic heterocycles. The molecule has 1 aromatic rings. The van der Waals surface area contributed by atoms with Crippen LogP contribution in [0.3, 0.4) is 0 Å². The van der Waals surface area contributed by atoms with Gasteiger partial charge in [0.1, 0.15) is 5.75 Å². The molecule has 0 aliphatic rings. The lowest BCUT2D eigenvalue weighted by molar-refractivity contribution is -0.135. The number of halogens is 4. The number of hydrogen-bond donors (Lipinski definition) is 1. The van der Waals surface area contributed by atoms with E-state index < -0.39 is 12.6 Å². The Morgan fingerprint density at radius 1 is 1.33 bits per heavy atom. The molecule has 1 rings (SSSR count). The minimum absolute atomic E-state index is 0.0271. The van der Waals surface area contributed by atoms with Gasteiger partial charge < -0.3 is 9.84 Å². The van der Waals surface area contributed by atoms with Crippen molar-refractivity contribution in [1.82, 2.24) is 0 Å². The molecule has 0 fully saturated rings. The molecule has 0 radical (unpaired) electrons. The number of hydrogen-bond acceptors (Lipinski definition) is 2. The van der Waals surface area contributed by atoms with E-state index in [4.69, 9.17) is 4.74 Å². The standard InChI is InChI=1S/C12H14BrF3O2/c1-18-10-5-4-8(11(13)9(10)7-17)3-2-6-12(14,15)16/h4-5,17H,2-3,6-7H2,1H3. The Balaban J connectivity index is 2.78. The van der Waals surface area contributed by atoms with E-state index in [2.05, 4.69) is 15.9 Å². The first-order valence-corrected chi connectivity index (χ1v) is 6.20. The molecular formula is C12H14BrF3O2. The summed E-state index contributed by atoms with van der Waals surface area (Å²) in [5, 5.41) is 9.22. The smallest absolute Gasteiger partial charge is 0.389 e. The van der Waals surface area contributed by atoms with Gasteiger partial charge in [0.2, 0.25) is 0 Å². The summed E-state index contributed by atoms with van der Waals surface area (Å²) in [6.07, 6.45) is -4.60. The molecule has 6 heteroatoms. The molecule has 0 bridgehead atoms. The minimum atomic E-state index is -4.13. The second-order valence-corrected chi connectivity index (χ2v) is 4.64. The maximum atomic E-state index is 12.1. The molecule has 18 heavy (non-hydrogen) atoms. The third kappa shape index (κ3) is 4.17. The molecule has 0 saturated carbocycles. The van der Waals surface area contributed by atoms with Crippen LogP contribution in [0.5, 0.6) is 5.75 Å². The largest absolute Gasteiger partial charge is 0.496 e. The topological polar surface area (TPSA) is 29.5 Å². The fraction of sp³-hybridized carbons (Fsp3) is 0.500. The van der Waals surface area contributed by atoms with Crippen LogP contribution < -0.4 is 4.74 Å². The first-order valence-electron chi connectivity index (χ1n) is 5.41. The van der Waals surface area contributed by atoms with Crippen molar-refractivity contribution in [3.05, 3.63) is 27.7 Å². The van der Waals surface area contributed by atoms with Gasteiger partial charge in [-0.1, -0.05) is 6.07 Å². The van der Waals surface area contributed by atoms with E-state index in [1.165, 1.54) is 7.11 Å². The summed E-state index contributed by atoms with van der Waals surface area (Å²) >= 11 is 3.29. The maximum absolute atomic E-state index is 12.1. The number of aliphatic hydroxyl groups is 1. The van der Waals surface area contributed by atoms with Gasteiger partial charge in [0.25, 0.3) is 0 Å². The predicted octanol–water partition coefficient (Wildman–Crippen LogP) is 3.84. The number of alkyl halides is 3. The summed E-state index contributed by atoms with van der Waals surface area (Å²) < 4.78 is 41.8. The molecule has 2 nitrogen and oxygen atoms in total. The molecular weight excluding hydrogens is 313 g/mol. The van der Waals surface area contributed by atoms with Crippen molar-refractivity contribution in [1.29, 1.82) is 0 Å². The van der Waals surface area contributed by atoms with Crippen LogP contribution in [0.25, 0.3) is 0 Å². The number of methoxy groups -OCH3 is 1. The van der Waals surface area contributed by atoms with E-state index in [1.54, 1.807) is 12.1 Å². The van der Waals surface area contributed by atoms with Crippen molar-refractivity contribution in [2.24, 2.45) is 0 Å². The molecule has 0 aromatic heterocycles. The van der Waals surface area contributed by atoms with Gasteiger partial charge in [0.05, 0.1) is 13.7 Å². The molecule has 0 saturated heterocycles. The molecule has 102 valence electrons. The fourth-order valence-electron chi connectivity index (χ4n) is 1.66. The van der Waals surface area contributed by atoms with E-state index >= 15 is 0 Å². The zero-order valence-electron chi connectivity index (χ0n) is 9.85. The van der Waals surface area contributed by atoms with Gasteiger partial charge in [-0.25, -0.2) is 0 Å². The van der Waals surface area contributed by atoms with Crippen LogP contribution in [0.1, 0.15) is 24.0 Å². The zero-order valence-corrected chi connectivity index (χ0v) is 11.4. The van der Waals surface area contributed by atoms with Crippen LogP contribution in [0.4, 0.5) is 13.2 Å². The molecule has 0 aliphatic carbocycles. The summed E-state index contributed by atoms with van der Waals surface area (Å²) in [4.78, 5) is 0. The van der Waals surface area contributed by atoms with Gasteiger partial charge in [0, 0.05) is 16.5 Å². The minimum Gasteiger partial charge on any atom is -0.496 e. The highest BCUT2D eigenvalue weighted by Gasteiger charge is 2.26. The third-order valence-electron chi connectivity index (χ3n) is 2.56. The molecule has 0 unspecified atom stereocenters. The molecule has 0 atom stereocenters. The Bertz CT molecular complexity index is 405. The highest BCUT2D eigenvalue weighted by Crippen LogP contribution is 2.32. The summed E-state index contributed by atoms with van der Waals surface area (Å²) in [5.41, 5.74) is 1.30.